The van der Waals surface area contributed by atoms with Crippen molar-refractivity contribution in [3.05, 3.63) is 6.33 Å². The van der Waals surface area contributed by atoms with Crippen molar-refractivity contribution in [1.82, 2.24) is 9.97 Å². The predicted molar refractivity (Wildman–Crippen MR) is 63.4 cm³/mol. The molecule has 0 aliphatic heterocycles. The zero-order chi connectivity index (χ0) is 13.7. The number of nitrogens with two attached hydrogens (primary N) is 2. The van der Waals surface area contributed by atoms with Crippen molar-refractivity contribution in [2.75, 3.05) is 30.4 Å². The van der Waals surface area contributed by atoms with Gasteiger partial charge in [0.25, 0.3) is 0 Å². The Morgan fingerprint density at radius 1 is 1.50 bits per heavy atom. The standard InChI is InChI=1S/C9H15N5O4/c1-18-9(17)6(16)4(15)2-12-8-5(10)7(11)13-3-14-8/h3-4,6,15-16H,2,10H2,1H3,(H3,11,12,13,14)/t4-,6-/m1/s1. The highest BCUT2D eigenvalue weighted by Crippen LogP contribution is 2.19. The summed E-state index contributed by atoms with van der Waals surface area (Å²) < 4.78 is 4.28. The lowest BCUT2D eigenvalue weighted by Gasteiger charge is -2.17. The van der Waals surface area contributed by atoms with Gasteiger partial charge in [-0.2, -0.15) is 0 Å². The van der Waals surface area contributed by atoms with Crippen molar-refractivity contribution in [1.29, 1.82) is 0 Å². The number of methoxy groups -OCH3 is 1. The Kier molecular flexibility index (Phi) is 4.63. The first-order chi connectivity index (χ1) is 8.47. The molecule has 0 saturated carbocycles. The van der Waals surface area contributed by atoms with Crippen LogP contribution in [0.4, 0.5) is 17.3 Å². The molecule has 1 rings (SSSR count). The molecule has 0 fully saturated rings. The van der Waals surface area contributed by atoms with Gasteiger partial charge in [0.1, 0.15) is 18.1 Å². The molecule has 1 aromatic heterocycles. The van der Waals surface area contributed by atoms with Gasteiger partial charge in [-0.3, -0.25) is 0 Å². The Morgan fingerprint density at radius 2 is 2.17 bits per heavy atom. The molecule has 9 nitrogen and oxygen atoms in total. The molecular weight excluding hydrogens is 242 g/mol. The van der Waals surface area contributed by atoms with Crippen LogP contribution < -0.4 is 16.8 Å². The highest BCUT2D eigenvalue weighted by molar-refractivity contribution is 5.75. The van der Waals surface area contributed by atoms with Crippen LogP contribution in [-0.4, -0.2) is 52.0 Å². The molecule has 7 N–H and O–H groups in total. The molecule has 18 heavy (non-hydrogen) atoms. The second kappa shape index (κ2) is 5.98. The minimum Gasteiger partial charge on any atom is -0.467 e. The summed E-state index contributed by atoms with van der Waals surface area (Å²) in [6.45, 7) is -0.156. The van der Waals surface area contributed by atoms with E-state index in [1.807, 2.05) is 0 Å². The van der Waals surface area contributed by atoms with Crippen molar-refractivity contribution < 1.29 is 19.7 Å². The number of carbonyl (C=O) groups excluding carboxylic acids is 1. The number of carbonyl (C=O) groups is 1. The number of aromatic nitrogens is 2. The maximum absolute atomic E-state index is 11.0. The number of anilines is 3. The summed E-state index contributed by atoms with van der Waals surface area (Å²) in [5.41, 5.74) is 11.2. The second-order valence-electron chi connectivity index (χ2n) is 3.44. The molecule has 100 valence electrons. The van der Waals surface area contributed by atoms with Crippen LogP contribution in [0.3, 0.4) is 0 Å². The molecule has 0 aliphatic rings. The minimum absolute atomic E-state index is 0.0931. The molecule has 0 unspecified atom stereocenters. The van der Waals surface area contributed by atoms with E-state index >= 15 is 0 Å². The van der Waals surface area contributed by atoms with Crippen molar-refractivity contribution >= 4 is 23.3 Å². The van der Waals surface area contributed by atoms with Gasteiger partial charge in [-0.25, -0.2) is 14.8 Å². The number of aliphatic hydroxyl groups excluding tert-OH is 2. The number of esters is 1. The smallest absolute Gasteiger partial charge is 0.337 e. The van der Waals surface area contributed by atoms with Gasteiger partial charge in [0.15, 0.2) is 17.7 Å². The van der Waals surface area contributed by atoms with Crippen molar-refractivity contribution in [3.8, 4) is 0 Å². The number of rotatable bonds is 5. The van der Waals surface area contributed by atoms with Crippen molar-refractivity contribution in [2.45, 2.75) is 12.2 Å². The lowest BCUT2D eigenvalue weighted by atomic mass is 10.2. The number of ether oxygens (including phenoxy) is 1. The number of hydrogen-bond acceptors (Lipinski definition) is 9. The van der Waals surface area contributed by atoms with E-state index in [2.05, 4.69) is 20.0 Å². The summed E-state index contributed by atoms with van der Waals surface area (Å²) in [6.07, 6.45) is -1.83. The molecule has 0 amide bonds. The number of nitrogens with one attached hydrogen (secondary N) is 1. The summed E-state index contributed by atoms with van der Waals surface area (Å²) in [7, 11) is 1.11. The zero-order valence-electron chi connectivity index (χ0n) is 9.70. The van der Waals surface area contributed by atoms with Crippen molar-refractivity contribution in [2.24, 2.45) is 0 Å². The van der Waals surface area contributed by atoms with Gasteiger partial charge in [0, 0.05) is 6.54 Å². The fourth-order valence-electron chi connectivity index (χ4n) is 1.14. The number of nitrogen functional groups attached to an aromatic ring is 2. The largest absolute Gasteiger partial charge is 0.467 e. The van der Waals surface area contributed by atoms with E-state index < -0.39 is 18.2 Å². The monoisotopic (exact) mass is 257 g/mol. The molecule has 9 heteroatoms. The Bertz CT molecular complexity index is 427. The van der Waals surface area contributed by atoms with Gasteiger partial charge in [-0.15, -0.1) is 0 Å². The first kappa shape index (κ1) is 13.9. The molecule has 0 aliphatic carbocycles. The summed E-state index contributed by atoms with van der Waals surface area (Å²) in [5, 5.41) is 21.5. The lowest BCUT2D eigenvalue weighted by Crippen LogP contribution is -2.39. The van der Waals surface area contributed by atoms with Crippen LogP contribution in [0, 0.1) is 0 Å². The molecule has 1 aromatic rings. The van der Waals surface area contributed by atoms with Gasteiger partial charge in [-0.05, 0) is 0 Å². The molecule has 2 atom stereocenters. The molecule has 1 heterocycles. The summed E-state index contributed by atoms with van der Waals surface area (Å²) in [5.74, 6) is -0.631. The lowest BCUT2D eigenvalue weighted by molar-refractivity contribution is -0.155. The SMILES string of the molecule is COC(=O)[C@H](O)[C@H](O)CNc1ncnc(N)c1N. The van der Waals surface area contributed by atoms with E-state index in [1.165, 1.54) is 6.33 Å². The molecule has 0 saturated heterocycles. The highest BCUT2D eigenvalue weighted by Gasteiger charge is 2.25. The fourth-order valence-corrected chi connectivity index (χ4v) is 1.14. The van der Waals surface area contributed by atoms with Crippen LogP contribution in [-0.2, 0) is 9.53 Å². The van der Waals surface area contributed by atoms with Gasteiger partial charge in [0.2, 0.25) is 0 Å². The third-order valence-electron chi connectivity index (χ3n) is 2.20. The van der Waals surface area contributed by atoms with Crippen LogP contribution in [0.5, 0.6) is 0 Å². The normalized spacial score (nSPS) is 13.7. The summed E-state index contributed by atoms with van der Waals surface area (Å²) in [4.78, 5) is 18.4. The highest BCUT2D eigenvalue weighted by atomic mass is 16.5. The average molecular weight is 257 g/mol. The molecule has 0 bridgehead atoms. The van der Waals surface area contributed by atoms with Crippen LogP contribution in [0.2, 0.25) is 0 Å². The number of aliphatic hydroxyl groups is 2. The third kappa shape index (κ3) is 3.18. The second-order valence-corrected chi connectivity index (χ2v) is 3.44. The summed E-state index contributed by atoms with van der Waals surface area (Å²) >= 11 is 0. The van der Waals surface area contributed by atoms with E-state index in [0.29, 0.717) is 0 Å². The van der Waals surface area contributed by atoms with E-state index in [9.17, 15) is 15.0 Å². The first-order valence-electron chi connectivity index (χ1n) is 5.01. The Morgan fingerprint density at radius 3 is 2.78 bits per heavy atom. The first-order valence-corrected chi connectivity index (χ1v) is 5.01. The topological polar surface area (TPSA) is 157 Å². The predicted octanol–water partition coefficient (Wildman–Crippen LogP) is -2.05. The van der Waals surface area contributed by atoms with Crippen LogP contribution >= 0.6 is 0 Å². The van der Waals surface area contributed by atoms with Gasteiger partial charge < -0.3 is 31.7 Å². The Hall–Kier alpha value is -2.13. The van der Waals surface area contributed by atoms with E-state index in [0.717, 1.165) is 7.11 Å². The van der Waals surface area contributed by atoms with Crippen LogP contribution in [0.1, 0.15) is 0 Å². The van der Waals surface area contributed by atoms with E-state index in [-0.39, 0.29) is 23.9 Å². The van der Waals surface area contributed by atoms with Gasteiger partial charge in [0.05, 0.1) is 7.11 Å². The van der Waals surface area contributed by atoms with E-state index in [4.69, 9.17) is 11.5 Å². The number of hydrogen-bond donors (Lipinski definition) is 5. The van der Waals surface area contributed by atoms with Crippen LogP contribution in [0.25, 0.3) is 0 Å². The number of nitrogens with zero attached hydrogens (tertiary/aromatic N) is 2. The van der Waals surface area contributed by atoms with Gasteiger partial charge >= 0.3 is 5.97 Å². The van der Waals surface area contributed by atoms with Crippen LogP contribution in [0.15, 0.2) is 6.33 Å². The Labute approximate surface area is 103 Å². The summed E-state index contributed by atoms with van der Waals surface area (Å²) in [6, 6.07) is 0. The quantitative estimate of drug-likeness (QED) is 0.374. The van der Waals surface area contributed by atoms with Crippen molar-refractivity contribution in [3.63, 3.8) is 0 Å². The maximum atomic E-state index is 11.0. The average Bonchev–Trinajstić information content (AvgIpc) is 2.38. The molecule has 0 aromatic carbocycles. The third-order valence-corrected chi connectivity index (χ3v) is 2.20. The minimum atomic E-state index is -1.65. The molecule has 0 spiro atoms. The van der Waals surface area contributed by atoms with E-state index in [1.54, 1.807) is 0 Å². The Balaban J connectivity index is 2.60. The molecule has 0 radical (unpaired) electrons. The van der Waals surface area contributed by atoms with Gasteiger partial charge in [-0.1, -0.05) is 0 Å². The maximum Gasteiger partial charge on any atom is 0.337 e. The fraction of sp³-hybridized carbons (Fsp3) is 0.444. The zero-order valence-corrected chi connectivity index (χ0v) is 9.70. The molecular formula is C9H15N5O4.